The van der Waals surface area contributed by atoms with E-state index in [0.29, 0.717) is 20.7 Å². The molecule has 2 rings (SSSR count). The third-order valence-electron chi connectivity index (χ3n) is 2.68. The molecular weight excluding hydrogens is 351 g/mol. The number of nitro benzene ring substituents is 1. The minimum atomic E-state index is -0.484. The Morgan fingerprint density at radius 2 is 2.10 bits per heavy atom. The maximum Gasteiger partial charge on any atom is 0.275 e. The van der Waals surface area contributed by atoms with Crippen LogP contribution in [0.25, 0.3) is 0 Å². The number of anilines is 1. The van der Waals surface area contributed by atoms with Gasteiger partial charge in [-0.25, -0.2) is 4.39 Å². The van der Waals surface area contributed by atoms with E-state index in [4.69, 9.17) is 11.6 Å². The Labute approximate surface area is 127 Å². The first-order valence-corrected chi connectivity index (χ1v) is 6.77. The van der Waals surface area contributed by atoms with Crippen molar-refractivity contribution in [3.8, 4) is 0 Å². The van der Waals surface area contributed by atoms with Gasteiger partial charge in [0.25, 0.3) is 5.69 Å². The van der Waals surface area contributed by atoms with E-state index in [1.807, 2.05) is 0 Å². The number of hydrogen-bond acceptors (Lipinski definition) is 3. The van der Waals surface area contributed by atoms with Crippen LogP contribution in [0.5, 0.6) is 0 Å². The summed E-state index contributed by atoms with van der Waals surface area (Å²) in [6.45, 7) is 0.167. The van der Waals surface area contributed by atoms with Gasteiger partial charge in [0.15, 0.2) is 0 Å². The molecule has 0 saturated carbocycles. The number of halogens is 3. The first-order chi connectivity index (χ1) is 9.49. The van der Waals surface area contributed by atoms with Crippen molar-refractivity contribution in [1.29, 1.82) is 0 Å². The van der Waals surface area contributed by atoms with Crippen LogP contribution in [-0.2, 0) is 6.54 Å². The van der Waals surface area contributed by atoms with Crippen LogP contribution >= 0.6 is 27.5 Å². The molecule has 0 bridgehead atoms. The highest BCUT2D eigenvalue weighted by atomic mass is 79.9. The molecule has 104 valence electrons. The molecule has 0 heterocycles. The van der Waals surface area contributed by atoms with Crippen LogP contribution in [0.4, 0.5) is 15.8 Å². The summed E-state index contributed by atoms with van der Waals surface area (Å²) >= 11 is 9.21. The molecule has 20 heavy (non-hydrogen) atoms. The molecule has 2 aromatic rings. The fourth-order valence-electron chi connectivity index (χ4n) is 1.71. The summed E-state index contributed by atoms with van der Waals surface area (Å²) in [5.41, 5.74) is 0.958. The van der Waals surface area contributed by atoms with E-state index in [1.54, 1.807) is 12.1 Å². The standard InChI is InChI=1S/C13H9BrClFN2O2/c14-10-6-8(16)4-5-12(10)17-7-9-11(15)2-1-3-13(9)18(19)20/h1-6,17H,7H2. The van der Waals surface area contributed by atoms with Gasteiger partial charge in [0, 0.05) is 22.8 Å². The van der Waals surface area contributed by atoms with Crippen molar-refractivity contribution in [1.82, 2.24) is 0 Å². The first kappa shape index (κ1) is 14.7. The van der Waals surface area contributed by atoms with Crippen molar-refractivity contribution in [3.63, 3.8) is 0 Å². The molecule has 0 amide bonds. The van der Waals surface area contributed by atoms with Gasteiger partial charge in [0.1, 0.15) is 5.82 Å². The van der Waals surface area contributed by atoms with Crippen LogP contribution in [0.2, 0.25) is 5.02 Å². The number of nitro groups is 1. The lowest BCUT2D eigenvalue weighted by Crippen LogP contribution is -2.04. The molecule has 1 N–H and O–H groups in total. The Hall–Kier alpha value is -1.66. The maximum atomic E-state index is 13.0. The summed E-state index contributed by atoms with van der Waals surface area (Å²) in [4.78, 5) is 10.5. The number of benzene rings is 2. The van der Waals surface area contributed by atoms with Crippen LogP contribution in [0.1, 0.15) is 5.56 Å². The van der Waals surface area contributed by atoms with Gasteiger partial charge < -0.3 is 5.32 Å². The fourth-order valence-corrected chi connectivity index (χ4v) is 2.44. The second-order valence-electron chi connectivity index (χ2n) is 3.97. The molecule has 0 aliphatic rings. The van der Waals surface area contributed by atoms with Gasteiger partial charge in [-0.2, -0.15) is 0 Å². The fraction of sp³-hybridized carbons (Fsp3) is 0.0769. The van der Waals surface area contributed by atoms with E-state index < -0.39 is 4.92 Å². The van der Waals surface area contributed by atoms with Crippen LogP contribution in [-0.4, -0.2) is 4.92 Å². The van der Waals surface area contributed by atoms with Crippen molar-refractivity contribution in [2.75, 3.05) is 5.32 Å². The molecule has 0 unspecified atom stereocenters. The van der Waals surface area contributed by atoms with E-state index in [0.717, 1.165) is 0 Å². The Morgan fingerprint density at radius 3 is 2.75 bits per heavy atom. The zero-order valence-corrected chi connectivity index (χ0v) is 12.4. The Balaban J connectivity index is 2.25. The molecule has 4 nitrogen and oxygen atoms in total. The summed E-state index contributed by atoms with van der Waals surface area (Å²) in [6.07, 6.45) is 0. The zero-order chi connectivity index (χ0) is 14.7. The van der Waals surface area contributed by atoms with Gasteiger partial charge in [-0.05, 0) is 40.2 Å². The van der Waals surface area contributed by atoms with Crippen LogP contribution < -0.4 is 5.32 Å². The second kappa shape index (κ2) is 6.19. The summed E-state index contributed by atoms with van der Waals surface area (Å²) in [6, 6.07) is 8.66. The summed E-state index contributed by atoms with van der Waals surface area (Å²) in [5.74, 6) is -0.369. The van der Waals surface area contributed by atoms with Gasteiger partial charge in [-0.1, -0.05) is 17.7 Å². The van der Waals surface area contributed by atoms with Crippen molar-refractivity contribution >= 4 is 38.9 Å². The van der Waals surface area contributed by atoms with Crippen LogP contribution in [0, 0.1) is 15.9 Å². The monoisotopic (exact) mass is 358 g/mol. The molecule has 0 aliphatic carbocycles. The first-order valence-electron chi connectivity index (χ1n) is 5.59. The van der Waals surface area contributed by atoms with E-state index >= 15 is 0 Å². The molecule has 7 heteroatoms. The third-order valence-corrected chi connectivity index (χ3v) is 3.69. The predicted molar refractivity (Wildman–Crippen MR) is 79.5 cm³/mol. The quantitative estimate of drug-likeness (QED) is 0.632. The third kappa shape index (κ3) is 3.26. The van der Waals surface area contributed by atoms with Crippen molar-refractivity contribution in [2.45, 2.75) is 6.54 Å². The maximum absolute atomic E-state index is 13.0. The second-order valence-corrected chi connectivity index (χ2v) is 5.23. The summed E-state index contributed by atoms with van der Waals surface area (Å²) in [5, 5.41) is 14.3. The number of rotatable bonds is 4. The lowest BCUT2D eigenvalue weighted by molar-refractivity contribution is -0.385. The van der Waals surface area contributed by atoms with Gasteiger partial charge >= 0.3 is 0 Å². The number of nitrogens with one attached hydrogen (secondary N) is 1. The van der Waals surface area contributed by atoms with E-state index in [9.17, 15) is 14.5 Å². The molecule has 0 aromatic heterocycles. The lowest BCUT2D eigenvalue weighted by atomic mass is 10.1. The molecule has 0 spiro atoms. The van der Waals surface area contributed by atoms with E-state index in [-0.39, 0.29) is 18.0 Å². The number of nitrogens with zero attached hydrogens (tertiary/aromatic N) is 1. The summed E-state index contributed by atoms with van der Waals surface area (Å²) in [7, 11) is 0. The molecule has 0 atom stereocenters. The molecular formula is C13H9BrClFN2O2. The normalized spacial score (nSPS) is 10.3. The molecule has 0 fully saturated rings. The predicted octanol–water partition coefficient (Wildman–Crippen LogP) is 4.76. The molecule has 2 aromatic carbocycles. The molecule has 0 radical (unpaired) electrons. The van der Waals surface area contributed by atoms with Gasteiger partial charge in [-0.3, -0.25) is 10.1 Å². The highest BCUT2D eigenvalue weighted by Gasteiger charge is 2.16. The SMILES string of the molecule is O=[N+]([O-])c1cccc(Cl)c1CNc1ccc(F)cc1Br. The zero-order valence-electron chi connectivity index (χ0n) is 10.1. The highest BCUT2D eigenvalue weighted by Crippen LogP contribution is 2.29. The van der Waals surface area contributed by atoms with Crippen LogP contribution in [0.3, 0.4) is 0 Å². The smallest absolute Gasteiger partial charge is 0.275 e. The highest BCUT2D eigenvalue weighted by molar-refractivity contribution is 9.10. The van der Waals surface area contributed by atoms with Crippen LogP contribution in [0.15, 0.2) is 40.9 Å². The molecule has 0 aliphatic heterocycles. The minimum Gasteiger partial charge on any atom is -0.380 e. The van der Waals surface area contributed by atoms with Crippen molar-refractivity contribution in [3.05, 3.63) is 67.4 Å². The largest absolute Gasteiger partial charge is 0.380 e. The van der Waals surface area contributed by atoms with Gasteiger partial charge in [0.05, 0.1) is 15.5 Å². The lowest BCUT2D eigenvalue weighted by Gasteiger charge is -2.10. The minimum absolute atomic E-state index is 0.0526. The average molecular weight is 360 g/mol. The van der Waals surface area contributed by atoms with Gasteiger partial charge in [0.2, 0.25) is 0 Å². The summed E-state index contributed by atoms with van der Waals surface area (Å²) < 4.78 is 13.5. The number of hydrogen-bond donors (Lipinski definition) is 1. The van der Waals surface area contributed by atoms with Crippen molar-refractivity contribution < 1.29 is 9.31 Å². The molecule has 0 saturated heterocycles. The Kier molecular flexibility index (Phi) is 4.57. The van der Waals surface area contributed by atoms with Crippen molar-refractivity contribution in [2.24, 2.45) is 0 Å². The van der Waals surface area contributed by atoms with E-state index in [2.05, 4.69) is 21.2 Å². The Bertz CT molecular complexity index is 667. The average Bonchev–Trinajstić information content (AvgIpc) is 2.38. The topological polar surface area (TPSA) is 55.2 Å². The van der Waals surface area contributed by atoms with E-state index in [1.165, 1.54) is 24.3 Å². The Morgan fingerprint density at radius 1 is 1.35 bits per heavy atom. The van der Waals surface area contributed by atoms with Gasteiger partial charge in [-0.15, -0.1) is 0 Å².